The molecule has 0 bridgehead atoms. The molecular weight excluding hydrogens is 274 g/mol. The van der Waals surface area contributed by atoms with Crippen molar-refractivity contribution in [1.29, 1.82) is 0 Å². The Kier molecular flexibility index (Phi) is 11.3. The van der Waals surface area contributed by atoms with Crippen LogP contribution in [0.5, 0.6) is 0 Å². The molecule has 0 amide bonds. The van der Waals surface area contributed by atoms with Gasteiger partial charge in [0.25, 0.3) is 0 Å². The quantitative estimate of drug-likeness (QED) is 0.570. The van der Waals surface area contributed by atoms with E-state index >= 15 is 0 Å². The Labute approximate surface area is 118 Å². The number of aliphatic hydroxyl groups is 1. The molecule has 1 aromatic rings. The highest BCUT2D eigenvalue weighted by atomic mass is 35.5. The van der Waals surface area contributed by atoms with Gasteiger partial charge in [-0.3, -0.25) is 0 Å². The molecule has 2 nitrogen and oxygen atoms in total. The minimum Gasteiger partial charge on any atom is -0.395 e. The first-order chi connectivity index (χ1) is 7.86. The molecule has 0 fully saturated rings. The number of benzene rings is 1. The molecule has 0 aromatic heterocycles. The number of halogens is 1. The lowest BCUT2D eigenvalue weighted by molar-refractivity contribution is 0.253. The smallest absolute Gasteiger partial charge is 0.0592 e. The van der Waals surface area contributed by atoms with Gasteiger partial charge in [0.2, 0.25) is 0 Å². The fourth-order valence-corrected chi connectivity index (χ4v) is 2.87. The van der Waals surface area contributed by atoms with Crippen LogP contribution in [-0.4, -0.2) is 34.8 Å². The van der Waals surface area contributed by atoms with E-state index in [4.69, 9.17) is 0 Å². The van der Waals surface area contributed by atoms with Gasteiger partial charge in [-0.2, -0.15) is 11.8 Å². The summed E-state index contributed by atoms with van der Waals surface area (Å²) in [6, 6.07) is 10.5. The van der Waals surface area contributed by atoms with Crippen LogP contribution in [0, 0.1) is 0 Å². The Morgan fingerprint density at radius 3 is 2.59 bits per heavy atom. The van der Waals surface area contributed by atoms with Crippen molar-refractivity contribution < 1.29 is 5.11 Å². The van der Waals surface area contributed by atoms with Crippen LogP contribution in [-0.2, 0) is 6.54 Å². The maximum atomic E-state index is 9.22. The number of thioether (sulfide) groups is 2. The zero-order chi connectivity index (χ0) is 11.6. The molecule has 0 aliphatic rings. The molecule has 98 valence electrons. The molecule has 0 radical (unpaired) electrons. The van der Waals surface area contributed by atoms with E-state index < -0.39 is 0 Å². The maximum absolute atomic E-state index is 9.22. The summed E-state index contributed by atoms with van der Waals surface area (Å²) in [6.45, 7) is 1.03. The van der Waals surface area contributed by atoms with Gasteiger partial charge in [0.05, 0.1) is 6.61 Å². The van der Waals surface area contributed by atoms with Gasteiger partial charge < -0.3 is 10.4 Å². The summed E-state index contributed by atoms with van der Waals surface area (Å²) < 4.78 is 0. The van der Waals surface area contributed by atoms with Crippen LogP contribution in [0.4, 0.5) is 0 Å². The summed E-state index contributed by atoms with van der Waals surface area (Å²) in [5.41, 5.74) is 1.26. The van der Waals surface area contributed by atoms with Crippen molar-refractivity contribution in [2.24, 2.45) is 0 Å². The van der Waals surface area contributed by atoms with Crippen molar-refractivity contribution in [2.45, 2.75) is 12.6 Å². The van der Waals surface area contributed by atoms with E-state index in [1.165, 1.54) is 5.56 Å². The second kappa shape index (κ2) is 11.2. The number of rotatable bonds is 8. The minimum atomic E-state index is 0. The Morgan fingerprint density at radius 1 is 1.29 bits per heavy atom. The molecule has 0 saturated heterocycles. The van der Waals surface area contributed by atoms with Gasteiger partial charge in [-0.25, -0.2) is 0 Å². The number of aliphatic hydroxyl groups excluding tert-OH is 1. The number of hydrogen-bond donors (Lipinski definition) is 2. The van der Waals surface area contributed by atoms with Gasteiger partial charge in [-0.15, -0.1) is 24.2 Å². The van der Waals surface area contributed by atoms with E-state index in [9.17, 15) is 5.11 Å². The predicted molar refractivity (Wildman–Crippen MR) is 82.2 cm³/mol. The van der Waals surface area contributed by atoms with Crippen LogP contribution in [0.2, 0.25) is 0 Å². The van der Waals surface area contributed by atoms with Crippen molar-refractivity contribution in [1.82, 2.24) is 5.32 Å². The Hall–Kier alpha value is 0.130. The zero-order valence-electron chi connectivity index (χ0n) is 9.96. The summed E-state index contributed by atoms with van der Waals surface area (Å²) in [5, 5.41) is 13.7. The summed E-state index contributed by atoms with van der Waals surface area (Å²) in [7, 11) is 0. The van der Waals surface area contributed by atoms with Crippen LogP contribution >= 0.6 is 35.9 Å². The first-order valence-electron chi connectivity index (χ1n) is 5.31. The second-order valence-corrected chi connectivity index (χ2v) is 5.79. The van der Waals surface area contributed by atoms with Crippen molar-refractivity contribution in [3.05, 3.63) is 35.9 Å². The molecule has 1 unspecified atom stereocenters. The van der Waals surface area contributed by atoms with Gasteiger partial charge in [0.15, 0.2) is 0 Å². The summed E-state index contributed by atoms with van der Waals surface area (Å²) in [6.07, 6.45) is 2.10. The molecule has 0 aliphatic carbocycles. The molecule has 0 heterocycles. The number of hydrogen-bond acceptors (Lipinski definition) is 4. The maximum Gasteiger partial charge on any atom is 0.0592 e. The molecule has 1 atom stereocenters. The fraction of sp³-hybridized carbons (Fsp3) is 0.500. The van der Waals surface area contributed by atoms with Crippen molar-refractivity contribution in [2.75, 3.05) is 23.7 Å². The molecule has 2 N–H and O–H groups in total. The van der Waals surface area contributed by atoms with E-state index in [0.717, 1.165) is 17.4 Å². The van der Waals surface area contributed by atoms with Crippen LogP contribution in [0.1, 0.15) is 5.56 Å². The molecule has 0 aliphatic heterocycles. The average Bonchev–Trinajstić information content (AvgIpc) is 2.35. The average molecular weight is 294 g/mol. The van der Waals surface area contributed by atoms with Gasteiger partial charge in [0.1, 0.15) is 0 Å². The molecule has 17 heavy (non-hydrogen) atoms. The number of nitrogens with one attached hydrogen (secondary N) is 1. The second-order valence-electron chi connectivity index (χ2n) is 3.52. The van der Waals surface area contributed by atoms with Gasteiger partial charge in [0, 0.05) is 23.4 Å². The largest absolute Gasteiger partial charge is 0.395 e. The first-order valence-corrected chi connectivity index (χ1v) is 7.86. The fourth-order valence-electron chi connectivity index (χ4n) is 1.31. The monoisotopic (exact) mass is 293 g/mol. The molecule has 0 saturated carbocycles. The van der Waals surface area contributed by atoms with Crippen LogP contribution in [0.3, 0.4) is 0 Å². The normalized spacial score (nSPS) is 11.9. The van der Waals surface area contributed by atoms with Gasteiger partial charge >= 0.3 is 0 Å². The van der Waals surface area contributed by atoms with Crippen LogP contribution in [0.25, 0.3) is 0 Å². The lowest BCUT2D eigenvalue weighted by Crippen LogP contribution is -2.34. The van der Waals surface area contributed by atoms with Gasteiger partial charge in [-0.1, -0.05) is 30.3 Å². The Morgan fingerprint density at radius 2 is 2.00 bits per heavy atom. The molecule has 5 heteroatoms. The molecule has 1 rings (SSSR count). The van der Waals surface area contributed by atoms with E-state index in [2.05, 4.69) is 23.7 Å². The van der Waals surface area contributed by atoms with E-state index in [-0.39, 0.29) is 25.1 Å². The highest BCUT2D eigenvalue weighted by molar-refractivity contribution is 8.15. The highest BCUT2D eigenvalue weighted by Gasteiger charge is 2.06. The topological polar surface area (TPSA) is 32.3 Å². The Bertz CT molecular complexity index is 274. The molecular formula is C12H20ClNOS2. The first kappa shape index (κ1) is 17.1. The third-order valence-electron chi connectivity index (χ3n) is 2.18. The van der Waals surface area contributed by atoms with Gasteiger partial charge in [-0.05, 0) is 11.8 Å². The highest BCUT2D eigenvalue weighted by Crippen LogP contribution is 2.10. The SMILES string of the molecule is CSCSCC(CO)NCc1ccccc1.Cl. The standard InChI is InChI=1S/C12H19NOS2.ClH/c1-15-10-16-9-12(8-14)13-7-11-5-3-2-4-6-11;/h2-6,12-14H,7-10H2,1H3;1H. The van der Waals surface area contributed by atoms with Crippen molar-refractivity contribution >= 4 is 35.9 Å². The van der Waals surface area contributed by atoms with E-state index in [1.54, 1.807) is 0 Å². The lowest BCUT2D eigenvalue weighted by Gasteiger charge is -2.15. The summed E-state index contributed by atoms with van der Waals surface area (Å²) in [5.74, 6) is 0.962. The van der Waals surface area contributed by atoms with Crippen LogP contribution < -0.4 is 5.32 Å². The molecule has 0 spiro atoms. The third kappa shape index (κ3) is 7.95. The predicted octanol–water partition coefficient (Wildman–Crippen LogP) is 2.61. The lowest BCUT2D eigenvalue weighted by atomic mass is 10.2. The zero-order valence-corrected chi connectivity index (χ0v) is 12.4. The van der Waals surface area contributed by atoms with Crippen molar-refractivity contribution in [3.8, 4) is 0 Å². The van der Waals surface area contributed by atoms with Crippen molar-refractivity contribution in [3.63, 3.8) is 0 Å². The molecule has 1 aromatic carbocycles. The minimum absolute atomic E-state index is 0. The summed E-state index contributed by atoms with van der Waals surface area (Å²) in [4.78, 5) is 0. The summed E-state index contributed by atoms with van der Waals surface area (Å²) >= 11 is 3.68. The third-order valence-corrected chi connectivity index (χ3v) is 4.43. The van der Waals surface area contributed by atoms with E-state index in [1.807, 2.05) is 41.7 Å². The van der Waals surface area contributed by atoms with Crippen LogP contribution in [0.15, 0.2) is 30.3 Å². The van der Waals surface area contributed by atoms with E-state index in [0.29, 0.717) is 0 Å². The Balaban J connectivity index is 0.00000256.